The Morgan fingerprint density at radius 2 is 1.56 bits per heavy atom. The second kappa shape index (κ2) is 9.32. The Morgan fingerprint density at radius 3 is 2.11 bits per heavy atom. The first-order valence-corrected chi connectivity index (χ1v) is 7.82. The number of nitro groups is 1. The molecule has 0 heterocycles. The summed E-state index contributed by atoms with van der Waals surface area (Å²) >= 11 is 0. The van der Waals surface area contributed by atoms with Gasteiger partial charge < -0.3 is 14.6 Å². The van der Waals surface area contributed by atoms with Gasteiger partial charge in [-0.1, -0.05) is 60.7 Å². The molecule has 0 atom stereocenters. The number of rotatable bonds is 6. The van der Waals surface area contributed by atoms with Gasteiger partial charge in [-0.2, -0.15) is 0 Å². The van der Waals surface area contributed by atoms with Crippen molar-refractivity contribution in [2.45, 2.75) is 6.61 Å². The maximum atomic E-state index is 11.5. The Balaban J connectivity index is 0.00000261. The molecule has 3 rings (SSSR count). The van der Waals surface area contributed by atoms with E-state index in [2.05, 4.69) is 0 Å². The monoisotopic (exact) mass is 371 g/mol. The van der Waals surface area contributed by atoms with Gasteiger partial charge in [0.05, 0.1) is 10.9 Å². The van der Waals surface area contributed by atoms with E-state index in [0.29, 0.717) is 5.56 Å². The Hall–Kier alpha value is -2.67. The van der Waals surface area contributed by atoms with Crippen molar-refractivity contribution >= 4 is 11.7 Å². The van der Waals surface area contributed by atoms with Gasteiger partial charge in [0.15, 0.2) is 0 Å². The van der Waals surface area contributed by atoms with Crippen molar-refractivity contribution in [2.24, 2.45) is 0 Å². The molecule has 0 bridgehead atoms. The summed E-state index contributed by atoms with van der Waals surface area (Å²) < 4.78 is 5.76. The summed E-state index contributed by atoms with van der Waals surface area (Å²) in [6.45, 7) is 0.147. The number of aromatic carboxylic acids is 1. The number of benzene rings is 3. The fourth-order valence-electron chi connectivity index (χ4n) is 2.61. The van der Waals surface area contributed by atoms with Gasteiger partial charge in [0, 0.05) is 11.6 Å². The maximum Gasteiger partial charge on any atom is 1.00 e. The van der Waals surface area contributed by atoms with Crippen LogP contribution in [0.3, 0.4) is 0 Å². The molecule has 3 aromatic rings. The maximum absolute atomic E-state index is 11.5. The van der Waals surface area contributed by atoms with Crippen molar-refractivity contribution in [2.75, 3.05) is 0 Å². The number of hydrogen-bond donors (Lipinski definition) is 0. The summed E-state index contributed by atoms with van der Waals surface area (Å²) in [5, 5.41) is 22.8. The smallest absolute Gasteiger partial charge is 0.545 e. The predicted octanol–water partition coefficient (Wildman–Crippen LogP) is 0.208. The summed E-state index contributed by atoms with van der Waals surface area (Å²) in [5.74, 6) is -1.38. The normalized spacial score (nSPS) is 9.93. The summed E-state index contributed by atoms with van der Waals surface area (Å²) in [6, 6.07) is 20.2. The molecule has 7 heteroatoms. The standard InChI is InChI=1S/C20H15NO5.Na/c22-20(23)16-11-17(21(24)25)19(15-9-5-2-6-10-15)18(12-16)26-13-14-7-3-1-4-8-14;/h1-12H,13H2,(H,22,23);/q;+1/p-1. The number of carboxylic acids is 1. The van der Waals surface area contributed by atoms with Crippen molar-refractivity contribution in [1.29, 1.82) is 0 Å². The van der Waals surface area contributed by atoms with Crippen LogP contribution in [-0.2, 0) is 6.61 Å². The summed E-state index contributed by atoms with van der Waals surface area (Å²) in [4.78, 5) is 22.2. The first kappa shape index (κ1) is 20.6. The number of ether oxygens (including phenoxy) is 1. The summed E-state index contributed by atoms with van der Waals surface area (Å²) in [5.41, 5.74) is 0.997. The first-order chi connectivity index (χ1) is 12.6. The third-order valence-corrected chi connectivity index (χ3v) is 3.81. The molecule has 0 aromatic heterocycles. The number of nitro benzene ring substituents is 1. The SMILES string of the molecule is O=C([O-])c1cc(OCc2ccccc2)c(-c2ccccc2)c([N+](=O)[O-])c1.[Na+]. The van der Waals surface area contributed by atoms with Crippen LogP contribution in [-0.4, -0.2) is 10.9 Å². The van der Waals surface area contributed by atoms with Crippen molar-refractivity contribution in [3.63, 3.8) is 0 Å². The molecule has 3 aromatic carbocycles. The molecule has 0 radical (unpaired) electrons. The minimum atomic E-state index is -1.50. The van der Waals surface area contributed by atoms with Gasteiger partial charge in [-0.15, -0.1) is 0 Å². The van der Waals surface area contributed by atoms with E-state index < -0.39 is 10.9 Å². The third-order valence-electron chi connectivity index (χ3n) is 3.81. The van der Waals surface area contributed by atoms with Gasteiger partial charge in [-0.3, -0.25) is 10.1 Å². The van der Waals surface area contributed by atoms with Crippen LogP contribution in [0.2, 0.25) is 0 Å². The molecule has 0 saturated carbocycles. The molecule has 0 aliphatic heterocycles. The number of hydrogen-bond acceptors (Lipinski definition) is 5. The second-order valence-corrected chi connectivity index (χ2v) is 5.55. The Labute approximate surface area is 177 Å². The summed E-state index contributed by atoms with van der Waals surface area (Å²) in [6.07, 6.45) is 0. The van der Waals surface area contributed by atoms with E-state index >= 15 is 0 Å². The van der Waals surface area contributed by atoms with Gasteiger partial charge in [-0.05, 0) is 17.2 Å². The molecule has 0 spiro atoms. The zero-order chi connectivity index (χ0) is 18.5. The minimum Gasteiger partial charge on any atom is -0.545 e. The largest absolute Gasteiger partial charge is 1.00 e. The van der Waals surface area contributed by atoms with E-state index in [1.54, 1.807) is 30.3 Å². The molecular formula is C20H14NNaO5. The average molecular weight is 371 g/mol. The average Bonchev–Trinajstić information content (AvgIpc) is 2.67. The molecule has 0 amide bonds. The fourth-order valence-corrected chi connectivity index (χ4v) is 2.61. The molecule has 0 fully saturated rings. The van der Waals surface area contributed by atoms with Crippen LogP contribution in [0, 0.1) is 10.1 Å². The van der Waals surface area contributed by atoms with Crippen molar-refractivity contribution in [3.8, 4) is 16.9 Å². The Morgan fingerprint density at radius 1 is 0.963 bits per heavy atom. The van der Waals surface area contributed by atoms with Crippen molar-refractivity contribution < 1.29 is 49.1 Å². The Bertz CT molecular complexity index is 945. The van der Waals surface area contributed by atoms with Crippen LogP contribution in [0.4, 0.5) is 5.69 Å². The molecule has 0 aliphatic carbocycles. The van der Waals surface area contributed by atoms with E-state index in [9.17, 15) is 20.0 Å². The zero-order valence-corrected chi connectivity index (χ0v) is 16.6. The van der Waals surface area contributed by atoms with E-state index in [4.69, 9.17) is 4.74 Å². The second-order valence-electron chi connectivity index (χ2n) is 5.55. The van der Waals surface area contributed by atoms with Crippen LogP contribution in [0.25, 0.3) is 11.1 Å². The van der Waals surface area contributed by atoms with Crippen molar-refractivity contribution in [3.05, 3.63) is 94.0 Å². The molecule has 6 nitrogen and oxygen atoms in total. The topological polar surface area (TPSA) is 92.5 Å². The fraction of sp³-hybridized carbons (Fsp3) is 0.0500. The van der Waals surface area contributed by atoms with Crippen LogP contribution < -0.4 is 39.4 Å². The predicted molar refractivity (Wildman–Crippen MR) is 93.6 cm³/mol. The van der Waals surface area contributed by atoms with Gasteiger partial charge in [-0.25, -0.2) is 0 Å². The van der Waals surface area contributed by atoms with E-state index in [1.807, 2.05) is 30.3 Å². The quantitative estimate of drug-likeness (QED) is 0.351. The minimum absolute atomic E-state index is 0. The summed E-state index contributed by atoms with van der Waals surface area (Å²) in [7, 11) is 0. The van der Waals surface area contributed by atoms with Crippen molar-refractivity contribution in [1.82, 2.24) is 0 Å². The molecule has 0 saturated heterocycles. The number of carbonyl (C=O) groups excluding carboxylic acids is 1. The number of carbonyl (C=O) groups is 1. The van der Waals surface area contributed by atoms with Crippen LogP contribution in [0.15, 0.2) is 72.8 Å². The zero-order valence-electron chi connectivity index (χ0n) is 14.6. The van der Waals surface area contributed by atoms with Gasteiger partial charge in [0.2, 0.25) is 0 Å². The van der Waals surface area contributed by atoms with Crippen LogP contribution in [0.5, 0.6) is 5.75 Å². The van der Waals surface area contributed by atoms with Gasteiger partial charge in [0.25, 0.3) is 5.69 Å². The van der Waals surface area contributed by atoms with Crippen LogP contribution in [0.1, 0.15) is 15.9 Å². The van der Waals surface area contributed by atoms with E-state index in [0.717, 1.165) is 11.6 Å². The molecule has 27 heavy (non-hydrogen) atoms. The van der Waals surface area contributed by atoms with Gasteiger partial charge in [0.1, 0.15) is 17.9 Å². The molecule has 0 unspecified atom stereocenters. The molecule has 0 aliphatic rings. The number of carboxylic acid groups (broad SMARTS) is 1. The van der Waals surface area contributed by atoms with E-state index in [-0.39, 0.29) is 58.7 Å². The first-order valence-electron chi connectivity index (χ1n) is 7.82. The van der Waals surface area contributed by atoms with Crippen LogP contribution >= 0.6 is 0 Å². The molecule has 130 valence electrons. The third kappa shape index (κ3) is 4.95. The molecule has 0 N–H and O–H groups in total. The molecular weight excluding hydrogens is 357 g/mol. The number of nitrogens with zero attached hydrogens (tertiary/aromatic N) is 1. The van der Waals surface area contributed by atoms with Gasteiger partial charge >= 0.3 is 29.6 Å². The van der Waals surface area contributed by atoms with E-state index in [1.165, 1.54) is 6.07 Å². The Kier molecular flexibility index (Phi) is 7.12.